The molecule has 29 heavy (non-hydrogen) atoms. The van der Waals surface area contributed by atoms with Crippen LogP contribution in [0.5, 0.6) is 0 Å². The number of rotatable bonds is 6. The van der Waals surface area contributed by atoms with E-state index in [-0.39, 0.29) is 11.9 Å². The van der Waals surface area contributed by atoms with Crippen LogP contribution < -0.4 is 5.32 Å². The molecule has 148 valence electrons. The number of carbonyl (C=O) groups excluding carboxylic acids is 1. The molecule has 3 heterocycles. The molecule has 0 fully saturated rings. The Labute approximate surface area is 176 Å². The fraction of sp³-hybridized carbons (Fsp3) is 0.250. The Hall–Kier alpha value is -2.78. The van der Waals surface area contributed by atoms with Crippen molar-refractivity contribution in [3.8, 4) is 0 Å². The zero-order valence-electron chi connectivity index (χ0n) is 16.3. The van der Waals surface area contributed by atoms with Gasteiger partial charge in [-0.2, -0.15) is 5.10 Å². The fourth-order valence-corrected chi connectivity index (χ4v) is 4.58. The summed E-state index contributed by atoms with van der Waals surface area (Å²) in [5, 5.41) is 16.8. The molecule has 0 bridgehead atoms. The smallest absolute Gasteiger partial charge is 0.259 e. The second kappa shape index (κ2) is 8.30. The van der Waals surface area contributed by atoms with Crippen LogP contribution in [-0.4, -0.2) is 30.9 Å². The van der Waals surface area contributed by atoms with E-state index in [2.05, 4.69) is 37.7 Å². The highest BCUT2D eigenvalue weighted by Crippen LogP contribution is 2.29. The lowest BCUT2D eigenvalue weighted by molar-refractivity contribution is 0.102. The zero-order chi connectivity index (χ0) is 20.4. The molecule has 1 N–H and O–H groups in total. The maximum absolute atomic E-state index is 12.8. The molecule has 0 atom stereocenters. The molecule has 0 aliphatic carbocycles. The van der Waals surface area contributed by atoms with E-state index >= 15 is 0 Å². The Morgan fingerprint density at radius 1 is 1.24 bits per heavy atom. The summed E-state index contributed by atoms with van der Waals surface area (Å²) in [5.41, 5.74) is 3.16. The summed E-state index contributed by atoms with van der Waals surface area (Å²) in [5.74, 6) is 0.563. The number of hydrogen-bond donors (Lipinski definition) is 1. The number of amides is 1. The molecule has 1 amide bonds. The molecule has 3 aromatic heterocycles. The summed E-state index contributed by atoms with van der Waals surface area (Å²) in [4.78, 5) is 17.4. The molecule has 1 aromatic carbocycles. The highest BCUT2D eigenvalue weighted by molar-refractivity contribution is 8.00. The number of fused-ring (bicyclic) bond motifs is 1. The Kier molecular flexibility index (Phi) is 5.59. The molecule has 7 nitrogen and oxygen atoms in total. The lowest BCUT2D eigenvalue weighted by Crippen LogP contribution is -2.14. The highest BCUT2D eigenvalue weighted by atomic mass is 32.2. The third-order valence-corrected chi connectivity index (χ3v) is 6.37. The van der Waals surface area contributed by atoms with E-state index in [4.69, 9.17) is 0 Å². The van der Waals surface area contributed by atoms with Gasteiger partial charge in [-0.1, -0.05) is 53.4 Å². The van der Waals surface area contributed by atoms with Gasteiger partial charge in [0.1, 0.15) is 0 Å². The third kappa shape index (κ3) is 4.30. The van der Waals surface area contributed by atoms with Gasteiger partial charge in [-0.15, -0.1) is 10.2 Å². The molecule has 0 saturated heterocycles. The predicted molar refractivity (Wildman–Crippen MR) is 117 cm³/mol. The van der Waals surface area contributed by atoms with Crippen LogP contribution >= 0.6 is 23.1 Å². The first kappa shape index (κ1) is 19.5. The van der Waals surface area contributed by atoms with E-state index in [1.54, 1.807) is 18.0 Å². The number of aromatic nitrogens is 5. The normalized spacial score (nSPS) is 11.3. The number of nitrogens with zero attached hydrogens (tertiary/aromatic N) is 5. The number of hydrogen-bond acceptors (Lipinski definition) is 7. The number of nitrogens with one attached hydrogen (secondary N) is 1. The van der Waals surface area contributed by atoms with Crippen molar-refractivity contribution in [2.24, 2.45) is 0 Å². The zero-order valence-corrected chi connectivity index (χ0v) is 17.9. The number of carbonyl (C=O) groups is 1. The summed E-state index contributed by atoms with van der Waals surface area (Å²) >= 11 is 2.96. The van der Waals surface area contributed by atoms with Gasteiger partial charge in [-0.3, -0.25) is 10.1 Å². The minimum Gasteiger partial charge on any atom is -0.296 e. The van der Waals surface area contributed by atoms with Gasteiger partial charge < -0.3 is 0 Å². The minimum atomic E-state index is -0.245. The average molecular weight is 425 g/mol. The van der Waals surface area contributed by atoms with Gasteiger partial charge in [0.05, 0.1) is 17.5 Å². The first-order valence-corrected chi connectivity index (χ1v) is 11.0. The van der Waals surface area contributed by atoms with Gasteiger partial charge in [-0.05, 0) is 32.4 Å². The standard InChI is InChI=1S/C20H20N6OS2/c1-12(2)26-17-15(10-21-26)9-16(13(3)22-17)18(27)23-19-24-25-20(29-19)28-11-14-7-5-4-6-8-14/h4-10,12H,11H2,1-3H3,(H,23,24,27). The van der Waals surface area contributed by atoms with E-state index < -0.39 is 0 Å². The van der Waals surface area contributed by atoms with Crippen molar-refractivity contribution in [3.05, 3.63) is 59.4 Å². The van der Waals surface area contributed by atoms with Crippen molar-refractivity contribution in [3.63, 3.8) is 0 Å². The summed E-state index contributed by atoms with van der Waals surface area (Å²) in [7, 11) is 0. The van der Waals surface area contributed by atoms with E-state index in [9.17, 15) is 4.79 Å². The van der Waals surface area contributed by atoms with Crippen LogP contribution in [0.15, 0.2) is 46.9 Å². The Bertz CT molecular complexity index is 1150. The van der Waals surface area contributed by atoms with Crippen LogP contribution in [0, 0.1) is 6.92 Å². The lowest BCUT2D eigenvalue weighted by atomic mass is 10.1. The molecule has 0 saturated carbocycles. The van der Waals surface area contributed by atoms with Gasteiger partial charge in [0, 0.05) is 17.2 Å². The van der Waals surface area contributed by atoms with Crippen molar-refractivity contribution in [2.45, 2.75) is 36.9 Å². The van der Waals surface area contributed by atoms with Crippen LogP contribution in [0.1, 0.15) is 41.5 Å². The Morgan fingerprint density at radius 3 is 2.79 bits per heavy atom. The first-order valence-electron chi connectivity index (χ1n) is 9.17. The average Bonchev–Trinajstić information content (AvgIpc) is 3.33. The van der Waals surface area contributed by atoms with E-state index in [0.717, 1.165) is 21.1 Å². The van der Waals surface area contributed by atoms with Crippen molar-refractivity contribution < 1.29 is 4.79 Å². The van der Waals surface area contributed by atoms with E-state index in [0.29, 0.717) is 16.4 Å². The number of thioether (sulfide) groups is 1. The van der Waals surface area contributed by atoms with E-state index in [1.807, 2.05) is 49.7 Å². The highest BCUT2D eigenvalue weighted by Gasteiger charge is 2.17. The fourth-order valence-electron chi connectivity index (χ4n) is 2.88. The van der Waals surface area contributed by atoms with Crippen molar-refractivity contribution >= 4 is 45.2 Å². The molecular weight excluding hydrogens is 404 g/mol. The van der Waals surface area contributed by atoms with Crippen molar-refractivity contribution in [1.82, 2.24) is 25.0 Å². The summed E-state index contributed by atoms with van der Waals surface area (Å²) in [6.45, 7) is 5.92. The van der Waals surface area contributed by atoms with Crippen molar-refractivity contribution in [1.29, 1.82) is 0 Å². The summed E-state index contributed by atoms with van der Waals surface area (Å²) < 4.78 is 2.66. The molecule has 0 radical (unpaired) electrons. The monoisotopic (exact) mass is 424 g/mol. The Balaban J connectivity index is 1.47. The quantitative estimate of drug-likeness (QED) is 0.356. The number of anilines is 1. The second-order valence-electron chi connectivity index (χ2n) is 6.82. The topological polar surface area (TPSA) is 85.6 Å². The number of benzene rings is 1. The van der Waals surface area contributed by atoms with Crippen molar-refractivity contribution in [2.75, 3.05) is 5.32 Å². The molecule has 4 aromatic rings. The van der Waals surface area contributed by atoms with Crippen LogP contribution in [0.3, 0.4) is 0 Å². The molecule has 0 unspecified atom stereocenters. The molecule has 0 aliphatic rings. The lowest BCUT2D eigenvalue weighted by Gasteiger charge is -2.08. The largest absolute Gasteiger partial charge is 0.296 e. The SMILES string of the molecule is Cc1nc2c(cnn2C(C)C)cc1C(=O)Nc1nnc(SCc2ccccc2)s1. The molecule has 0 spiro atoms. The van der Waals surface area contributed by atoms with Gasteiger partial charge in [0.25, 0.3) is 5.91 Å². The summed E-state index contributed by atoms with van der Waals surface area (Å²) in [6, 6.07) is 12.2. The summed E-state index contributed by atoms with van der Waals surface area (Å²) in [6.07, 6.45) is 1.74. The third-order valence-electron chi connectivity index (χ3n) is 4.33. The van der Waals surface area contributed by atoms with Crippen LogP contribution in [0.25, 0.3) is 11.0 Å². The number of aryl methyl sites for hydroxylation is 1. The van der Waals surface area contributed by atoms with Crippen LogP contribution in [0.4, 0.5) is 5.13 Å². The van der Waals surface area contributed by atoms with Gasteiger partial charge in [0.2, 0.25) is 5.13 Å². The van der Waals surface area contributed by atoms with Gasteiger partial charge in [0.15, 0.2) is 9.99 Å². The maximum Gasteiger partial charge on any atom is 0.259 e. The van der Waals surface area contributed by atoms with Crippen LogP contribution in [-0.2, 0) is 5.75 Å². The molecule has 0 aliphatic heterocycles. The van der Waals surface area contributed by atoms with Gasteiger partial charge >= 0.3 is 0 Å². The molecule has 4 rings (SSSR count). The minimum absolute atomic E-state index is 0.201. The Morgan fingerprint density at radius 2 is 2.03 bits per heavy atom. The van der Waals surface area contributed by atoms with Gasteiger partial charge in [-0.25, -0.2) is 9.67 Å². The predicted octanol–water partition coefficient (Wildman–Crippen LogP) is 4.72. The van der Waals surface area contributed by atoms with E-state index in [1.165, 1.54) is 16.9 Å². The molecular formula is C20H20N6OS2. The second-order valence-corrected chi connectivity index (χ2v) is 9.02. The maximum atomic E-state index is 12.8. The number of pyridine rings is 1. The first-order chi connectivity index (χ1) is 14.0. The van der Waals surface area contributed by atoms with Crippen LogP contribution in [0.2, 0.25) is 0 Å². The molecule has 9 heteroatoms.